The van der Waals surface area contributed by atoms with Gasteiger partial charge < -0.3 is 5.32 Å². The highest BCUT2D eigenvalue weighted by atomic mass is 79.9. The van der Waals surface area contributed by atoms with Gasteiger partial charge in [-0.1, -0.05) is 15.9 Å². The molecule has 5 heteroatoms. The van der Waals surface area contributed by atoms with Gasteiger partial charge in [0.1, 0.15) is 6.04 Å². The molecule has 1 fully saturated rings. The van der Waals surface area contributed by atoms with Crippen LogP contribution in [0.15, 0.2) is 22.7 Å². The molecule has 1 saturated heterocycles. The van der Waals surface area contributed by atoms with Crippen molar-refractivity contribution in [2.24, 2.45) is 0 Å². The third-order valence-electron chi connectivity index (χ3n) is 3.08. The van der Waals surface area contributed by atoms with Crippen LogP contribution < -0.4 is 5.32 Å². The van der Waals surface area contributed by atoms with Crippen molar-refractivity contribution >= 4 is 33.4 Å². The molecular formula is C14H17BrN2O2. The number of hydrogen-bond donors (Lipinski definition) is 1. The molecule has 19 heavy (non-hydrogen) atoms. The Labute approximate surface area is 121 Å². The zero-order valence-corrected chi connectivity index (χ0v) is 12.8. The van der Waals surface area contributed by atoms with Crippen LogP contribution in [-0.2, 0) is 9.59 Å². The average Bonchev–Trinajstić information content (AvgIpc) is 2.52. The van der Waals surface area contributed by atoms with Gasteiger partial charge in [-0.15, -0.1) is 0 Å². The normalized spacial score (nSPS) is 19.4. The van der Waals surface area contributed by atoms with E-state index in [4.69, 9.17) is 0 Å². The van der Waals surface area contributed by atoms with Gasteiger partial charge in [0.15, 0.2) is 0 Å². The molecular weight excluding hydrogens is 308 g/mol. The lowest BCUT2D eigenvalue weighted by Gasteiger charge is -2.19. The Hall–Kier alpha value is -1.36. The molecule has 102 valence electrons. The van der Waals surface area contributed by atoms with Crippen molar-refractivity contribution in [2.45, 2.75) is 39.3 Å². The van der Waals surface area contributed by atoms with Crippen LogP contribution in [0.2, 0.25) is 0 Å². The molecule has 1 heterocycles. The number of carbonyl (C=O) groups is 2. The van der Waals surface area contributed by atoms with E-state index >= 15 is 0 Å². The van der Waals surface area contributed by atoms with Gasteiger partial charge in [-0.2, -0.15) is 0 Å². The number of carbonyl (C=O) groups excluding carboxylic acids is 2. The minimum atomic E-state index is -0.455. The summed E-state index contributed by atoms with van der Waals surface area (Å²) in [5, 5.41) is 3.15. The van der Waals surface area contributed by atoms with Crippen LogP contribution in [0.5, 0.6) is 0 Å². The Morgan fingerprint density at radius 2 is 2.00 bits per heavy atom. The first-order valence-corrected chi connectivity index (χ1v) is 7.07. The fourth-order valence-corrected chi connectivity index (χ4v) is 2.93. The quantitative estimate of drug-likeness (QED) is 0.870. The van der Waals surface area contributed by atoms with E-state index in [1.165, 1.54) is 4.90 Å². The van der Waals surface area contributed by atoms with Crippen LogP contribution in [-0.4, -0.2) is 28.8 Å². The first-order chi connectivity index (χ1) is 8.88. The van der Waals surface area contributed by atoms with Crippen molar-refractivity contribution in [3.63, 3.8) is 0 Å². The minimum absolute atomic E-state index is 0.0870. The molecule has 0 spiro atoms. The van der Waals surface area contributed by atoms with Crippen LogP contribution >= 0.6 is 15.9 Å². The molecule has 1 aromatic carbocycles. The monoisotopic (exact) mass is 324 g/mol. The Kier molecular flexibility index (Phi) is 3.94. The van der Waals surface area contributed by atoms with E-state index < -0.39 is 6.04 Å². The van der Waals surface area contributed by atoms with Crippen molar-refractivity contribution in [1.82, 2.24) is 4.90 Å². The number of halogens is 1. The Balaban J connectivity index is 2.16. The third-order valence-corrected chi connectivity index (χ3v) is 3.54. The molecule has 4 nitrogen and oxygen atoms in total. The topological polar surface area (TPSA) is 49.4 Å². The lowest BCUT2D eigenvalue weighted by atomic mass is 10.2. The number of aryl methyl sites for hydroxylation is 1. The predicted octanol–water partition coefficient (Wildman–Crippen LogP) is 2.71. The van der Waals surface area contributed by atoms with Gasteiger partial charge in [-0.25, -0.2) is 0 Å². The molecule has 0 radical (unpaired) electrons. The zero-order chi connectivity index (χ0) is 14.2. The molecule has 0 saturated carbocycles. The standard InChI is InChI=1S/C14H17BrN2O2/c1-8(2)17-13(18)7-12(14(17)19)16-11-5-9(3)4-10(15)6-11/h4-6,8,12,16H,7H2,1-3H3. The number of imide groups is 1. The lowest BCUT2D eigenvalue weighted by Crippen LogP contribution is -2.39. The molecule has 1 aliphatic rings. The molecule has 0 bridgehead atoms. The fraction of sp³-hybridized carbons (Fsp3) is 0.429. The largest absolute Gasteiger partial charge is 0.373 e. The number of rotatable bonds is 3. The first kappa shape index (κ1) is 14.1. The fourth-order valence-electron chi connectivity index (χ4n) is 2.33. The second kappa shape index (κ2) is 5.33. The van der Waals surface area contributed by atoms with Crippen molar-refractivity contribution in [1.29, 1.82) is 0 Å². The smallest absolute Gasteiger partial charge is 0.252 e. The van der Waals surface area contributed by atoms with Crippen molar-refractivity contribution in [2.75, 3.05) is 5.32 Å². The summed E-state index contributed by atoms with van der Waals surface area (Å²) in [4.78, 5) is 25.3. The number of anilines is 1. The van der Waals surface area contributed by atoms with E-state index in [0.717, 1.165) is 15.7 Å². The van der Waals surface area contributed by atoms with Gasteiger partial charge in [-0.05, 0) is 44.5 Å². The Bertz CT molecular complexity index is 508. The van der Waals surface area contributed by atoms with Crippen LogP contribution in [0.1, 0.15) is 25.8 Å². The number of nitrogens with zero attached hydrogens (tertiary/aromatic N) is 1. The van der Waals surface area contributed by atoms with Gasteiger partial charge in [0, 0.05) is 16.2 Å². The Morgan fingerprint density at radius 1 is 1.32 bits per heavy atom. The average molecular weight is 325 g/mol. The number of amides is 2. The maximum atomic E-state index is 12.2. The van der Waals surface area contributed by atoms with Gasteiger partial charge in [-0.3, -0.25) is 14.5 Å². The third kappa shape index (κ3) is 2.97. The lowest BCUT2D eigenvalue weighted by molar-refractivity contribution is -0.140. The van der Waals surface area contributed by atoms with E-state index in [2.05, 4.69) is 21.2 Å². The summed E-state index contributed by atoms with van der Waals surface area (Å²) >= 11 is 3.42. The van der Waals surface area contributed by atoms with E-state index in [9.17, 15) is 9.59 Å². The van der Waals surface area contributed by atoms with E-state index in [1.54, 1.807) is 0 Å². The summed E-state index contributed by atoms with van der Waals surface area (Å²) in [5.41, 5.74) is 1.94. The molecule has 1 N–H and O–H groups in total. The van der Waals surface area contributed by atoms with E-state index in [-0.39, 0.29) is 24.3 Å². The van der Waals surface area contributed by atoms with Crippen LogP contribution in [0.3, 0.4) is 0 Å². The minimum Gasteiger partial charge on any atom is -0.373 e. The summed E-state index contributed by atoms with van der Waals surface area (Å²) in [6.45, 7) is 5.68. The summed E-state index contributed by atoms with van der Waals surface area (Å²) < 4.78 is 0.951. The highest BCUT2D eigenvalue weighted by Gasteiger charge is 2.39. The predicted molar refractivity (Wildman–Crippen MR) is 77.9 cm³/mol. The van der Waals surface area contributed by atoms with Gasteiger partial charge in [0.25, 0.3) is 5.91 Å². The second-order valence-corrected chi connectivity index (χ2v) is 6.03. The first-order valence-electron chi connectivity index (χ1n) is 6.28. The molecule has 0 aliphatic carbocycles. The molecule has 1 aliphatic heterocycles. The van der Waals surface area contributed by atoms with Crippen molar-refractivity contribution in [3.8, 4) is 0 Å². The molecule has 1 aromatic rings. The molecule has 2 amide bonds. The highest BCUT2D eigenvalue weighted by Crippen LogP contribution is 2.23. The SMILES string of the molecule is Cc1cc(Br)cc(NC2CC(=O)N(C(C)C)C2=O)c1. The highest BCUT2D eigenvalue weighted by molar-refractivity contribution is 9.10. The zero-order valence-electron chi connectivity index (χ0n) is 11.2. The van der Waals surface area contributed by atoms with Crippen LogP contribution in [0, 0.1) is 6.92 Å². The van der Waals surface area contributed by atoms with Crippen LogP contribution in [0.4, 0.5) is 5.69 Å². The molecule has 2 rings (SSSR count). The molecule has 1 atom stereocenters. The Morgan fingerprint density at radius 3 is 2.53 bits per heavy atom. The summed E-state index contributed by atoms with van der Waals surface area (Å²) in [7, 11) is 0. The van der Waals surface area contributed by atoms with Gasteiger partial charge in [0.05, 0.1) is 6.42 Å². The second-order valence-electron chi connectivity index (χ2n) is 5.11. The van der Waals surface area contributed by atoms with Gasteiger partial charge >= 0.3 is 0 Å². The molecule has 1 unspecified atom stereocenters. The van der Waals surface area contributed by atoms with Crippen molar-refractivity contribution < 1.29 is 9.59 Å². The summed E-state index contributed by atoms with van der Waals surface area (Å²) in [6, 6.07) is 5.32. The summed E-state index contributed by atoms with van der Waals surface area (Å²) in [6.07, 6.45) is 0.225. The molecule has 0 aromatic heterocycles. The number of hydrogen-bond acceptors (Lipinski definition) is 3. The maximum absolute atomic E-state index is 12.2. The van der Waals surface area contributed by atoms with Gasteiger partial charge in [0.2, 0.25) is 5.91 Å². The number of likely N-dealkylation sites (tertiary alicyclic amines) is 1. The van der Waals surface area contributed by atoms with E-state index in [0.29, 0.717) is 0 Å². The van der Waals surface area contributed by atoms with Crippen LogP contribution in [0.25, 0.3) is 0 Å². The summed E-state index contributed by atoms with van der Waals surface area (Å²) in [5.74, 6) is -0.248. The van der Waals surface area contributed by atoms with E-state index in [1.807, 2.05) is 39.0 Å². The number of benzene rings is 1. The maximum Gasteiger partial charge on any atom is 0.252 e. The van der Waals surface area contributed by atoms with Crippen molar-refractivity contribution in [3.05, 3.63) is 28.2 Å². The number of nitrogens with one attached hydrogen (secondary N) is 1.